The van der Waals surface area contributed by atoms with Gasteiger partial charge in [-0.05, 0) is 37.7 Å². The molecule has 0 amide bonds. The first-order chi connectivity index (χ1) is 8.33. The molecule has 1 heterocycles. The molecule has 0 aliphatic heterocycles. The first kappa shape index (κ1) is 12.2. The van der Waals surface area contributed by atoms with Gasteiger partial charge in [0.25, 0.3) is 0 Å². The molecule has 3 nitrogen and oxygen atoms in total. The molecule has 1 aliphatic carbocycles. The molecule has 2 atom stereocenters. The van der Waals surface area contributed by atoms with Crippen molar-refractivity contribution in [2.75, 3.05) is 12.4 Å². The number of aromatic nitrogens is 1. The number of nitrogens with one attached hydrogen (secondary N) is 1. The SMILES string of the molecule is CCC1CCCCC1Oc1ccnc(NC)c1. The minimum absolute atomic E-state index is 0.390. The zero-order valence-corrected chi connectivity index (χ0v) is 10.8. The van der Waals surface area contributed by atoms with Crippen molar-refractivity contribution in [3.63, 3.8) is 0 Å². The second kappa shape index (κ2) is 5.89. The van der Waals surface area contributed by atoms with Crippen LogP contribution in [0.1, 0.15) is 39.0 Å². The molecule has 1 fully saturated rings. The Kier molecular flexibility index (Phi) is 4.24. The molecule has 2 unspecified atom stereocenters. The van der Waals surface area contributed by atoms with Crippen LogP contribution in [0.5, 0.6) is 5.75 Å². The van der Waals surface area contributed by atoms with Gasteiger partial charge in [-0.2, -0.15) is 0 Å². The quantitative estimate of drug-likeness (QED) is 0.866. The fourth-order valence-corrected chi connectivity index (χ4v) is 2.59. The van der Waals surface area contributed by atoms with Crippen LogP contribution < -0.4 is 10.1 Å². The number of anilines is 1. The third-order valence-corrected chi connectivity index (χ3v) is 3.64. The van der Waals surface area contributed by atoms with E-state index in [1.54, 1.807) is 6.20 Å². The number of hydrogen-bond donors (Lipinski definition) is 1. The average molecular weight is 234 g/mol. The van der Waals surface area contributed by atoms with Crippen LogP contribution >= 0.6 is 0 Å². The maximum absolute atomic E-state index is 6.12. The molecule has 0 saturated heterocycles. The number of nitrogens with zero attached hydrogens (tertiary/aromatic N) is 1. The van der Waals surface area contributed by atoms with E-state index in [4.69, 9.17) is 4.74 Å². The summed E-state index contributed by atoms with van der Waals surface area (Å²) in [4.78, 5) is 4.20. The van der Waals surface area contributed by atoms with Crippen molar-refractivity contribution >= 4 is 5.82 Å². The van der Waals surface area contributed by atoms with Gasteiger partial charge in [0, 0.05) is 19.3 Å². The Morgan fingerprint density at radius 1 is 1.41 bits per heavy atom. The van der Waals surface area contributed by atoms with Crippen LogP contribution in [0.3, 0.4) is 0 Å². The second-order valence-corrected chi connectivity index (χ2v) is 4.74. The van der Waals surface area contributed by atoms with Crippen LogP contribution in [-0.4, -0.2) is 18.1 Å². The first-order valence-corrected chi connectivity index (χ1v) is 6.64. The number of pyridine rings is 1. The van der Waals surface area contributed by atoms with E-state index in [0.29, 0.717) is 6.10 Å². The number of rotatable bonds is 4. The molecule has 1 aliphatic rings. The van der Waals surface area contributed by atoms with Gasteiger partial charge in [0.1, 0.15) is 17.7 Å². The molecule has 0 spiro atoms. The van der Waals surface area contributed by atoms with Gasteiger partial charge in [0.2, 0.25) is 0 Å². The lowest BCUT2D eigenvalue weighted by molar-refractivity contribution is 0.0904. The zero-order valence-electron chi connectivity index (χ0n) is 10.8. The van der Waals surface area contributed by atoms with Crippen molar-refractivity contribution in [3.8, 4) is 5.75 Å². The Bertz CT molecular complexity index is 354. The largest absolute Gasteiger partial charge is 0.490 e. The lowest BCUT2D eigenvalue weighted by Crippen LogP contribution is -2.29. The highest BCUT2D eigenvalue weighted by Crippen LogP contribution is 2.30. The monoisotopic (exact) mass is 234 g/mol. The summed E-state index contributed by atoms with van der Waals surface area (Å²) in [5.41, 5.74) is 0. The van der Waals surface area contributed by atoms with Crippen molar-refractivity contribution in [1.29, 1.82) is 0 Å². The van der Waals surface area contributed by atoms with E-state index in [1.165, 1.54) is 32.1 Å². The van der Waals surface area contributed by atoms with Crippen LogP contribution in [0.25, 0.3) is 0 Å². The van der Waals surface area contributed by atoms with E-state index in [0.717, 1.165) is 17.5 Å². The smallest absolute Gasteiger partial charge is 0.129 e. The summed E-state index contributed by atoms with van der Waals surface area (Å²) in [6, 6.07) is 3.92. The van der Waals surface area contributed by atoms with Crippen molar-refractivity contribution in [1.82, 2.24) is 4.98 Å². The highest BCUT2D eigenvalue weighted by Gasteiger charge is 2.25. The number of ether oxygens (including phenoxy) is 1. The lowest BCUT2D eigenvalue weighted by atomic mass is 9.85. The molecular weight excluding hydrogens is 212 g/mol. The van der Waals surface area contributed by atoms with Gasteiger partial charge in [-0.15, -0.1) is 0 Å². The summed E-state index contributed by atoms with van der Waals surface area (Å²) in [6.45, 7) is 2.26. The zero-order chi connectivity index (χ0) is 12.1. The predicted octanol–water partition coefficient (Wildman–Crippen LogP) is 3.47. The molecule has 0 radical (unpaired) electrons. The maximum Gasteiger partial charge on any atom is 0.129 e. The Labute approximate surface area is 104 Å². The molecule has 17 heavy (non-hydrogen) atoms. The summed E-state index contributed by atoms with van der Waals surface area (Å²) in [5, 5.41) is 3.04. The molecule has 1 aromatic rings. The molecule has 94 valence electrons. The minimum atomic E-state index is 0.390. The van der Waals surface area contributed by atoms with Crippen LogP contribution in [0.4, 0.5) is 5.82 Å². The van der Waals surface area contributed by atoms with Crippen LogP contribution in [0.2, 0.25) is 0 Å². The van der Waals surface area contributed by atoms with Gasteiger partial charge in [-0.3, -0.25) is 0 Å². The van der Waals surface area contributed by atoms with E-state index in [-0.39, 0.29) is 0 Å². The molecule has 1 saturated carbocycles. The van der Waals surface area contributed by atoms with E-state index >= 15 is 0 Å². The highest BCUT2D eigenvalue weighted by molar-refractivity contribution is 5.39. The average Bonchev–Trinajstić information content (AvgIpc) is 2.39. The van der Waals surface area contributed by atoms with Crippen LogP contribution in [-0.2, 0) is 0 Å². The molecular formula is C14H22N2O. The minimum Gasteiger partial charge on any atom is -0.490 e. The van der Waals surface area contributed by atoms with Crippen molar-refractivity contribution in [2.24, 2.45) is 5.92 Å². The van der Waals surface area contributed by atoms with E-state index in [1.807, 2.05) is 19.2 Å². The summed E-state index contributed by atoms with van der Waals surface area (Å²) < 4.78 is 6.12. The van der Waals surface area contributed by atoms with Crippen molar-refractivity contribution in [3.05, 3.63) is 18.3 Å². The molecule has 1 N–H and O–H groups in total. The van der Waals surface area contributed by atoms with Crippen LogP contribution in [0, 0.1) is 5.92 Å². The molecule has 0 bridgehead atoms. The summed E-state index contributed by atoms with van der Waals surface area (Å²) in [7, 11) is 1.88. The third-order valence-electron chi connectivity index (χ3n) is 3.64. The van der Waals surface area contributed by atoms with Gasteiger partial charge in [-0.25, -0.2) is 4.98 Å². The summed E-state index contributed by atoms with van der Waals surface area (Å²) in [5.74, 6) is 2.52. The van der Waals surface area contributed by atoms with E-state index in [9.17, 15) is 0 Å². The topological polar surface area (TPSA) is 34.1 Å². The van der Waals surface area contributed by atoms with Gasteiger partial charge >= 0.3 is 0 Å². The van der Waals surface area contributed by atoms with Gasteiger partial charge in [-0.1, -0.05) is 13.3 Å². The van der Waals surface area contributed by atoms with E-state index < -0.39 is 0 Å². The Morgan fingerprint density at radius 3 is 3.00 bits per heavy atom. The normalized spacial score (nSPS) is 24.4. The van der Waals surface area contributed by atoms with Crippen molar-refractivity contribution < 1.29 is 4.74 Å². The predicted molar refractivity (Wildman–Crippen MR) is 70.4 cm³/mol. The molecule has 1 aromatic heterocycles. The van der Waals surface area contributed by atoms with Crippen LogP contribution in [0.15, 0.2) is 18.3 Å². The highest BCUT2D eigenvalue weighted by atomic mass is 16.5. The molecule has 2 rings (SSSR count). The first-order valence-electron chi connectivity index (χ1n) is 6.64. The van der Waals surface area contributed by atoms with Crippen molar-refractivity contribution in [2.45, 2.75) is 45.1 Å². The van der Waals surface area contributed by atoms with Gasteiger partial charge in [0.15, 0.2) is 0 Å². The third kappa shape index (κ3) is 3.11. The maximum atomic E-state index is 6.12. The standard InChI is InChI=1S/C14H22N2O/c1-3-11-6-4-5-7-13(11)17-12-8-9-16-14(10-12)15-2/h8-11,13H,3-7H2,1-2H3,(H,15,16). The Morgan fingerprint density at radius 2 is 2.24 bits per heavy atom. The molecule has 3 heteroatoms. The Balaban J connectivity index is 2.02. The van der Waals surface area contributed by atoms with Gasteiger partial charge < -0.3 is 10.1 Å². The molecule has 0 aromatic carbocycles. The summed E-state index contributed by atoms with van der Waals surface area (Å²) in [6.07, 6.45) is 8.56. The Hall–Kier alpha value is -1.25. The summed E-state index contributed by atoms with van der Waals surface area (Å²) >= 11 is 0. The fraction of sp³-hybridized carbons (Fsp3) is 0.643. The second-order valence-electron chi connectivity index (χ2n) is 4.74. The number of hydrogen-bond acceptors (Lipinski definition) is 3. The van der Waals surface area contributed by atoms with Gasteiger partial charge in [0.05, 0.1) is 0 Å². The fourth-order valence-electron chi connectivity index (χ4n) is 2.59. The van der Waals surface area contributed by atoms with E-state index in [2.05, 4.69) is 17.2 Å². The lowest BCUT2D eigenvalue weighted by Gasteiger charge is -2.31.